The van der Waals surface area contributed by atoms with E-state index in [0.29, 0.717) is 25.5 Å². The van der Waals surface area contributed by atoms with Gasteiger partial charge in [0.05, 0.1) is 7.11 Å². The highest BCUT2D eigenvalue weighted by atomic mass is 32.2. The van der Waals surface area contributed by atoms with Crippen LogP contribution in [0.1, 0.15) is 31.2 Å². The quantitative estimate of drug-likeness (QED) is 0.473. The summed E-state index contributed by atoms with van der Waals surface area (Å²) in [5.74, 6) is -1.42. The lowest BCUT2D eigenvalue weighted by molar-refractivity contribution is -0.127. The number of hydroxylamine groups is 1. The lowest BCUT2D eigenvalue weighted by atomic mass is 9.90. The van der Waals surface area contributed by atoms with Crippen LogP contribution >= 0.6 is 0 Å². The molecule has 2 rings (SSSR count). The van der Waals surface area contributed by atoms with Gasteiger partial charge >= 0.3 is 10.1 Å². The number of carbonyl (C=O) groups excluding carboxylic acids is 1. The fourth-order valence-electron chi connectivity index (χ4n) is 2.51. The summed E-state index contributed by atoms with van der Waals surface area (Å²) in [5, 5.41) is 0. The Morgan fingerprint density at radius 3 is 2.36 bits per heavy atom. The summed E-state index contributed by atoms with van der Waals surface area (Å²) < 4.78 is 43.3. The minimum atomic E-state index is -4.12. The van der Waals surface area contributed by atoms with Crippen LogP contribution in [0.25, 0.3) is 0 Å². The Bertz CT molecular complexity index is 797. The molecule has 0 heterocycles. The predicted octanol–water partition coefficient (Wildman–Crippen LogP) is 3.06. The molecule has 0 bridgehead atoms. The van der Waals surface area contributed by atoms with Crippen molar-refractivity contribution in [3.63, 3.8) is 0 Å². The van der Waals surface area contributed by atoms with Crippen LogP contribution in [0.4, 0.5) is 4.39 Å². The van der Waals surface area contributed by atoms with E-state index >= 15 is 0 Å². The van der Waals surface area contributed by atoms with Gasteiger partial charge in [-0.3, -0.25) is 9.63 Å². The molecule has 0 saturated heterocycles. The SMILES string of the molecule is CONC(=O)C1=C(/C(F)=C/OS(=O)(=O)c2ccc(C)cc2)CCCC1. The molecule has 1 N–H and O–H groups in total. The minimum Gasteiger partial charge on any atom is -0.384 e. The summed E-state index contributed by atoms with van der Waals surface area (Å²) in [7, 11) is -2.84. The van der Waals surface area contributed by atoms with E-state index in [0.717, 1.165) is 12.0 Å². The molecule has 0 atom stereocenters. The Hall–Kier alpha value is -2.19. The van der Waals surface area contributed by atoms with E-state index in [2.05, 4.69) is 10.3 Å². The monoisotopic (exact) mass is 369 g/mol. The Kier molecular flexibility index (Phi) is 6.33. The highest BCUT2D eigenvalue weighted by Crippen LogP contribution is 2.31. The molecule has 25 heavy (non-hydrogen) atoms. The molecule has 136 valence electrons. The van der Waals surface area contributed by atoms with Crippen molar-refractivity contribution in [2.45, 2.75) is 37.5 Å². The second-order valence-electron chi connectivity index (χ2n) is 5.63. The molecule has 1 aliphatic rings. The molecule has 0 unspecified atom stereocenters. The van der Waals surface area contributed by atoms with Crippen molar-refractivity contribution >= 4 is 16.0 Å². The van der Waals surface area contributed by atoms with Gasteiger partial charge in [-0.2, -0.15) is 8.42 Å². The van der Waals surface area contributed by atoms with E-state index in [1.165, 1.54) is 19.2 Å². The van der Waals surface area contributed by atoms with E-state index in [1.807, 2.05) is 6.92 Å². The molecule has 1 aromatic rings. The van der Waals surface area contributed by atoms with Crippen LogP contribution in [0, 0.1) is 6.92 Å². The van der Waals surface area contributed by atoms with Crippen molar-refractivity contribution in [3.8, 4) is 0 Å². The van der Waals surface area contributed by atoms with Gasteiger partial charge in [-0.1, -0.05) is 17.7 Å². The number of hydrogen-bond acceptors (Lipinski definition) is 5. The van der Waals surface area contributed by atoms with E-state index in [-0.39, 0.29) is 16.0 Å². The number of nitrogens with one attached hydrogen (secondary N) is 1. The molecule has 0 fully saturated rings. The zero-order valence-corrected chi connectivity index (χ0v) is 14.9. The molecule has 0 aromatic heterocycles. The molecule has 1 aliphatic carbocycles. The molecule has 1 amide bonds. The van der Waals surface area contributed by atoms with Crippen molar-refractivity contribution in [2.24, 2.45) is 0 Å². The van der Waals surface area contributed by atoms with Crippen LogP contribution < -0.4 is 5.48 Å². The van der Waals surface area contributed by atoms with Gasteiger partial charge in [-0.05, 0) is 50.3 Å². The average molecular weight is 369 g/mol. The van der Waals surface area contributed by atoms with Gasteiger partial charge in [0.1, 0.15) is 11.2 Å². The first-order chi connectivity index (χ1) is 11.8. The number of halogens is 1. The van der Waals surface area contributed by atoms with Crippen LogP contribution in [0.3, 0.4) is 0 Å². The lowest BCUT2D eigenvalue weighted by Crippen LogP contribution is -2.26. The van der Waals surface area contributed by atoms with Crippen LogP contribution in [0.5, 0.6) is 0 Å². The molecule has 8 heteroatoms. The Balaban J connectivity index is 2.24. The van der Waals surface area contributed by atoms with Crippen LogP contribution in [-0.2, 0) is 23.9 Å². The molecule has 0 saturated carbocycles. The zero-order chi connectivity index (χ0) is 18.4. The molecule has 1 aromatic carbocycles. The minimum absolute atomic E-state index is 0.0721. The Morgan fingerprint density at radius 2 is 1.76 bits per heavy atom. The van der Waals surface area contributed by atoms with E-state index < -0.39 is 21.9 Å². The fraction of sp³-hybridized carbons (Fsp3) is 0.353. The normalized spacial score (nSPS) is 15.9. The zero-order valence-electron chi connectivity index (χ0n) is 14.0. The number of amides is 1. The Morgan fingerprint density at radius 1 is 1.16 bits per heavy atom. The van der Waals surface area contributed by atoms with Crippen molar-refractivity contribution in [3.05, 3.63) is 53.1 Å². The summed E-state index contributed by atoms with van der Waals surface area (Å²) in [5.41, 5.74) is 3.42. The topological polar surface area (TPSA) is 81.7 Å². The summed E-state index contributed by atoms with van der Waals surface area (Å²) in [6, 6.07) is 6.00. The largest absolute Gasteiger partial charge is 0.384 e. The third kappa shape index (κ3) is 4.90. The van der Waals surface area contributed by atoms with E-state index in [9.17, 15) is 17.6 Å². The second-order valence-corrected chi connectivity index (χ2v) is 7.20. The molecule has 0 spiro atoms. The van der Waals surface area contributed by atoms with Gasteiger partial charge in [0, 0.05) is 5.57 Å². The summed E-state index contributed by atoms with van der Waals surface area (Å²) in [4.78, 5) is 16.4. The fourth-order valence-corrected chi connectivity index (χ4v) is 3.30. The smallest absolute Gasteiger partial charge is 0.338 e. The van der Waals surface area contributed by atoms with Gasteiger partial charge in [-0.15, -0.1) is 0 Å². The standard InChI is InChI=1S/C17H20FNO5S/c1-12-7-9-13(10-8-12)25(21,22)24-11-16(18)14-5-3-4-6-15(14)17(20)19-23-2/h7-11H,3-6H2,1-2H3,(H,19,20)/b16-11-. The van der Waals surface area contributed by atoms with Crippen LogP contribution in [-0.4, -0.2) is 21.4 Å². The Labute approximate surface area is 146 Å². The van der Waals surface area contributed by atoms with Gasteiger partial charge < -0.3 is 4.18 Å². The molecule has 0 radical (unpaired) electrons. The van der Waals surface area contributed by atoms with Gasteiger partial charge in [-0.25, -0.2) is 9.87 Å². The van der Waals surface area contributed by atoms with Crippen molar-refractivity contribution in [1.82, 2.24) is 5.48 Å². The number of benzene rings is 1. The number of hydrogen-bond donors (Lipinski definition) is 1. The molecule has 6 nitrogen and oxygen atoms in total. The maximum atomic E-state index is 14.4. The number of rotatable bonds is 6. The van der Waals surface area contributed by atoms with Crippen molar-refractivity contribution in [1.29, 1.82) is 0 Å². The maximum absolute atomic E-state index is 14.4. The second kappa shape index (κ2) is 8.26. The van der Waals surface area contributed by atoms with Crippen LogP contribution in [0.15, 0.2) is 52.4 Å². The van der Waals surface area contributed by atoms with E-state index in [1.54, 1.807) is 12.1 Å². The maximum Gasteiger partial charge on any atom is 0.338 e. The first-order valence-corrected chi connectivity index (χ1v) is 9.17. The number of carbonyl (C=O) groups is 1. The van der Waals surface area contributed by atoms with E-state index in [4.69, 9.17) is 4.18 Å². The summed E-state index contributed by atoms with van der Waals surface area (Å²) in [6.45, 7) is 1.82. The highest BCUT2D eigenvalue weighted by Gasteiger charge is 2.23. The van der Waals surface area contributed by atoms with Gasteiger partial charge in [0.15, 0.2) is 5.83 Å². The average Bonchev–Trinajstić information content (AvgIpc) is 2.60. The highest BCUT2D eigenvalue weighted by molar-refractivity contribution is 7.86. The van der Waals surface area contributed by atoms with Gasteiger partial charge in [0.25, 0.3) is 5.91 Å². The van der Waals surface area contributed by atoms with Crippen molar-refractivity contribution in [2.75, 3.05) is 7.11 Å². The molecular formula is C17H20FNO5S. The molecule has 0 aliphatic heterocycles. The first-order valence-electron chi connectivity index (χ1n) is 7.76. The summed E-state index contributed by atoms with van der Waals surface area (Å²) >= 11 is 0. The third-order valence-electron chi connectivity index (χ3n) is 3.81. The van der Waals surface area contributed by atoms with Crippen molar-refractivity contribution < 1.29 is 26.6 Å². The number of allylic oxidation sites excluding steroid dienone is 2. The third-order valence-corrected chi connectivity index (χ3v) is 5.01. The lowest BCUT2D eigenvalue weighted by Gasteiger charge is -2.18. The predicted molar refractivity (Wildman–Crippen MR) is 89.3 cm³/mol. The first kappa shape index (κ1) is 19.1. The number of aryl methyl sites for hydroxylation is 1. The van der Waals surface area contributed by atoms with Gasteiger partial charge in [0.2, 0.25) is 0 Å². The summed E-state index contributed by atoms with van der Waals surface area (Å²) in [6.07, 6.45) is 2.69. The van der Waals surface area contributed by atoms with Crippen LogP contribution in [0.2, 0.25) is 0 Å². The molecular weight excluding hydrogens is 349 g/mol.